The molecule has 1 aromatic rings. The second-order valence-corrected chi connectivity index (χ2v) is 6.55. The van der Waals surface area contributed by atoms with Crippen molar-refractivity contribution < 1.29 is 14.3 Å². The lowest BCUT2D eigenvalue weighted by molar-refractivity contribution is -0.144. The highest BCUT2D eigenvalue weighted by Gasteiger charge is 2.42. The van der Waals surface area contributed by atoms with Crippen LogP contribution in [0.25, 0.3) is 0 Å². The maximum atomic E-state index is 12.1. The van der Waals surface area contributed by atoms with Crippen molar-refractivity contribution in [2.45, 2.75) is 18.4 Å². The van der Waals surface area contributed by atoms with Crippen LogP contribution < -0.4 is 4.90 Å². The number of amides is 1. The summed E-state index contributed by atoms with van der Waals surface area (Å²) >= 11 is 1.62. The van der Waals surface area contributed by atoms with Crippen molar-refractivity contribution in [2.24, 2.45) is 0 Å². The van der Waals surface area contributed by atoms with Crippen molar-refractivity contribution in [3.8, 4) is 0 Å². The Labute approximate surface area is 129 Å². The second-order valence-electron chi connectivity index (χ2n) is 5.77. The molecular weight excluding hydrogens is 288 g/mol. The van der Waals surface area contributed by atoms with Gasteiger partial charge in [0.2, 0.25) is 0 Å². The van der Waals surface area contributed by atoms with E-state index in [9.17, 15) is 4.79 Å². The summed E-state index contributed by atoms with van der Waals surface area (Å²) in [6.45, 7) is 4.64. The average molecular weight is 310 g/mol. The molecule has 0 atom stereocenters. The van der Waals surface area contributed by atoms with Gasteiger partial charge in [-0.25, -0.2) is 0 Å². The maximum absolute atomic E-state index is 12.1. The normalized spacial score (nSPS) is 22.9. The summed E-state index contributed by atoms with van der Waals surface area (Å²) in [7, 11) is 1.74. The lowest BCUT2D eigenvalue weighted by atomic mass is 9.89. The molecule has 0 radical (unpaired) electrons. The smallest absolute Gasteiger partial charge is 0.253 e. The van der Waals surface area contributed by atoms with Gasteiger partial charge >= 0.3 is 0 Å². The number of ether oxygens (including phenoxy) is 2. The monoisotopic (exact) mass is 310 g/mol. The number of carbonyl (C=O) groups is 1. The Morgan fingerprint density at radius 3 is 2.90 bits per heavy atom. The number of rotatable bonds is 4. The van der Waals surface area contributed by atoms with Crippen LogP contribution in [0.3, 0.4) is 0 Å². The van der Waals surface area contributed by atoms with Crippen molar-refractivity contribution in [3.05, 3.63) is 16.8 Å². The number of anilines is 1. The largest absolute Gasteiger partial charge is 0.383 e. The Hall–Kier alpha value is -0.950. The zero-order valence-corrected chi connectivity index (χ0v) is 13.2. The zero-order valence-electron chi connectivity index (χ0n) is 12.4. The van der Waals surface area contributed by atoms with E-state index in [1.54, 1.807) is 18.4 Å². The van der Waals surface area contributed by atoms with E-state index >= 15 is 0 Å². The van der Waals surface area contributed by atoms with E-state index in [0.717, 1.165) is 44.8 Å². The van der Waals surface area contributed by atoms with Crippen LogP contribution in [0.2, 0.25) is 0 Å². The Morgan fingerprint density at radius 2 is 2.24 bits per heavy atom. The molecule has 2 aliphatic rings. The number of hydrogen-bond acceptors (Lipinski definition) is 5. The van der Waals surface area contributed by atoms with Crippen LogP contribution in [0.5, 0.6) is 0 Å². The summed E-state index contributed by atoms with van der Waals surface area (Å²) in [6, 6.07) is 2.01. The molecule has 1 aromatic heterocycles. The topological polar surface area (TPSA) is 42.0 Å². The molecule has 21 heavy (non-hydrogen) atoms. The van der Waals surface area contributed by atoms with E-state index in [1.165, 1.54) is 0 Å². The quantitative estimate of drug-likeness (QED) is 0.847. The second kappa shape index (κ2) is 6.44. The summed E-state index contributed by atoms with van der Waals surface area (Å²) in [4.78, 5) is 16.4. The molecule has 0 unspecified atom stereocenters. The molecule has 3 heterocycles. The molecular formula is C15H22N2O3S. The average Bonchev–Trinajstić information content (AvgIpc) is 3.04. The molecule has 0 aliphatic carbocycles. The van der Waals surface area contributed by atoms with Gasteiger partial charge in [0.15, 0.2) is 0 Å². The molecule has 0 bridgehead atoms. The third-order valence-electron chi connectivity index (χ3n) is 4.45. The molecule has 0 saturated carbocycles. The molecule has 0 N–H and O–H groups in total. The van der Waals surface area contributed by atoms with Crippen LogP contribution in [0.15, 0.2) is 16.8 Å². The van der Waals surface area contributed by atoms with Gasteiger partial charge in [0.25, 0.3) is 5.91 Å². The standard InChI is InChI=1S/C15H22N2O3S/c1-19-8-7-16-5-3-15(4-6-16)12-17(14(18)10-20-15)13-2-9-21-11-13/h2,9,11H,3-8,10,12H2,1H3. The SMILES string of the molecule is COCCN1CCC2(CC1)CN(c1ccsc1)C(=O)CO2. The first-order valence-corrected chi connectivity index (χ1v) is 8.35. The molecule has 1 amide bonds. The Morgan fingerprint density at radius 1 is 1.43 bits per heavy atom. The molecule has 6 heteroatoms. The van der Waals surface area contributed by atoms with Crippen molar-refractivity contribution in [2.75, 3.05) is 51.4 Å². The van der Waals surface area contributed by atoms with E-state index in [-0.39, 0.29) is 18.1 Å². The van der Waals surface area contributed by atoms with Crippen LogP contribution in [0, 0.1) is 0 Å². The number of piperidine rings is 1. The highest BCUT2D eigenvalue weighted by Crippen LogP contribution is 2.33. The number of carbonyl (C=O) groups excluding carboxylic acids is 1. The summed E-state index contributed by atoms with van der Waals surface area (Å²) in [6.07, 6.45) is 1.95. The van der Waals surface area contributed by atoms with E-state index in [4.69, 9.17) is 9.47 Å². The molecule has 2 aliphatic heterocycles. The van der Waals surface area contributed by atoms with E-state index in [0.29, 0.717) is 6.54 Å². The Bertz CT molecular complexity index is 469. The Balaban J connectivity index is 1.63. The van der Waals surface area contributed by atoms with Crippen molar-refractivity contribution in [3.63, 3.8) is 0 Å². The highest BCUT2D eigenvalue weighted by molar-refractivity contribution is 7.08. The fraction of sp³-hybridized carbons (Fsp3) is 0.667. The van der Waals surface area contributed by atoms with Crippen molar-refractivity contribution in [1.82, 2.24) is 4.90 Å². The predicted molar refractivity (Wildman–Crippen MR) is 82.9 cm³/mol. The van der Waals surface area contributed by atoms with Gasteiger partial charge in [-0.2, -0.15) is 11.3 Å². The van der Waals surface area contributed by atoms with Crippen LogP contribution >= 0.6 is 11.3 Å². The van der Waals surface area contributed by atoms with Crippen molar-refractivity contribution >= 4 is 22.9 Å². The first-order valence-electron chi connectivity index (χ1n) is 7.40. The van der Waals surface area contributed by atoms with E-state index < -0.39 is 0 Å². The predicted octanol–water partition coefficient (Wildman–Crippen LogP) is 1.59. The molecule has 3 rings (SSSR count). The number of methoxy groups -OCH3 is 1. The lowest BCUT2D eigenvalue weighted by Gasteiger charge is -2.46. The van der Waals surface area contributed by atoms with Crippen molar-refractivity contribution in [1.29, 1.82) is 0 Å². The molecule has 2 saturated heterocycles. The van der Waals surface area contributed by atoms with Crippen LogP contribution in [-0.4, -0.2) is 62.9 Å². The minimum Gasteiger partial charge on any atom is -0.383 e. The number of hydrogen-bond donors (Lipinski definition) is 0. The zero-order chi connectivity index (χ0) is 14.7. The first kappa shape index (κ1) is 15.0. The molecule has 2 fully saturated rings. The summed E-state index contributed by atoms with van der Waals surface area (Å²) in [5.41, 5.74) is 0.842. The van der Waals surface area contributed by atoms with Crippen LogP contribution in [-0.2, 0) is 14.3 Å². The fourth-order valence-electron chi connectivity index (χ4n) is 3.07. The van der Waals surface area contributed by atoms with Gasteiger partial charge in [-0.3, -0.25) is 4.79 Å². The first-order chi connectivity index (χ1) is 10.2. The Kier molecular flexibility index (Phi) is 4.59. The molecule has 0 aromatic carbocycles. The van der Waals surface area contributed by atoms with Gasteiger partial charge in [0.1, 0.15) is 6.61 Å². The number of morpholine rings is 1. The van der Waals surface area contributed by atoms with Gasteiger partial charge in [-0.05, 0) is 24.3 Å². The molecule has 1 spiro atoms. The number of nitrogens with zero attached hydrogens (tertiary/aromatic N) is 2. The molecule has 5 nitrogen and oxygen atoms in total. The maximum Gasteiger partial charge on any atom is 0.253 e. The lowest BCUT2D eigenvalue weighted by Crippen LogP contribution is -2.59. The van der Waals surface area contributed by atoms with Gasteiger partial charge < -0.3 is 19.3 Å². The third-order valence-corrected chi connectivity index (χ3v) is 5.12. The minimum atomic E-state index is -0.167. The minimum absolute atomic E-state index is 0.0702. The van der Waals surface area contributed by atoms with Gasteiger partial charge in [0, 0.05) is 32.1 Å². The third kappa shape index (κ3) is 3.29. The number of likely N-dealkylation sites (tertiary alicyclic amines) is 1. The summed E-state index contributed by atoms with van der Waals surface area (Å²) < 4.78 is 11.1. The molecule has 116 valence electrons. The van der Waals surface area contributed by atoms with E-state index in [2.05, 4.69) is 4.90 Å². The van der Waals surface area contributed by atoms with E-state index in [1.807, 2.05) is 21.7 Å². The number of thiophene rings is 1. The summed E-state index contributed by atoms with van der Waals surface area (Å²) in [5.74, 6) is 0.0702. The van der Waals surface area contributed by atoms with Crippen LogP contribution in [0.4, 0.5) is 5.69 Å². The van der Waals surface area contributed by atoms with Gasteiger partial charge in [-0.15, -0.1) is 0 Å². The summed E-state index contributed by atoms with van der Waals surface area (Å²) in [5, 5.41) is 4.04. The highest BCUT2D eigenvalue weighted by atomic mass is 32.1. The van der Waals surface area contributed by atoms with Gasteiger partial charge in [0.05, 0.1) is 24.4 Å². The van der Waals surface area contributed by atoms with Crippen LogP contribution in [0.1, 0.15) is 12.8 Å². The van der Waals surface area contributed by atoms with Gasteiger partial charge in [-0.1, -0.05) is 0 Å². The fourth-order valence-corrected chi connectivity index (χ4v) is 3.71.